The summed E-state index contributed by atoms with van der Waals surface area (Å²) in [4.78, 5) is 0. The van der Waals surface area contributed by atoms with E-state index in [2.05, 4.69) is 21.2 Å². The number of halogens is 3. The molecule has 0 aliphatic rings. The summed E-state index contributed by atoms with van der Waals surface area (Å²) >= 11 is 3.04. The Morgan fingerprint density at radius 2 is 2.16 bits per heavy atom. The van der Waals surface area contributed by atoms with Crippen LogP contribution < -0.4 is 10.1 Å². The Hall–Kier alpha value is -0.760. The van der Waals surface area contributed by atoms with Crippen molar-refractivity contribution in [3.8, 4) is 5.75 Å². The number of aliphatic hydroxyl groups excluding tert-OH is 1. The molecule has 108 valence electrons. The average molecular weight is 340 g/mol. The van der Waals surface area contributed by atoms with E-state index in [0.29, 0.717) is 17.6 Å². The van der Waals surface area contributed by atoms with Crippen LogP contribution in [0, 0.1) is 11.6 Å². The lowest BCUT2D eigenvalue weighted by Gasteiger charge is -2.14. The van der Waals surface area contributed by atoms with Crippen molar-refractivity contribution >= 4 is 15.9 Å². The van der Waals surface area contributed by atoms with E-state index in [1.165, 1.54) is 6.07 Å². The van der Waals surface area contributed by atoms with E-state index in [0.717, 1.165) is 6.07 Å². The van der Waals surface area contributed by atoms with Crippen molar-refractivity contribution in [1.82, 2.24) is 5.32 Å². The molecule has 0 aromatic heterocycles. The fraction of sp³-hybridized carbons (Fsp3) is 0.500. The molecular formula is C12H16BrF2NO3. The van der Waals surface area contributed by atoms with Crippen molar-refractivity contribution in [3.63, 3.8) is 0 Å². The summed E-state index contributed by atoms with van der Waals surface area (Å²) in [5.41, 5.74) is 0. The molecule has 19 heavy (non-hydrogen) atoms. The van der Waals surface area contributed by atoms with Gasteiger partial charge >= 0.3 is 0 Å². The summed E-state index contributed by atoms with van der Waals surface area (Å²) in [5, 5.41) is 12.5. The van der Waals surface area contributed by atoms with Gasteiger partial charge in [-0.1, -0.05) is 15.9 Å². The zero-order valence-corrected chi connectivity index (χ0v) is 12.0. The summed E-state index contributed by atoms with van der Waals surface area (Å²) in [6.45, 7) is 1.26. The van der Waals surface area contributed by atoms with Gasteiger partial charge in [0.25, 0.3) is 0 Å². The van der Waals surface area contributed by atoms with E-state index in [1.54, 1.807) is 7.11 Å². The van der Waals surface area contributed by atoms with E-state index in [1.807, 2.05) is 0 Å². The third-order valence-electron chi connectivity index (χ3n) is 2.25. The number of ether oxygens (including phenoxy) is 2. The minimum Gasteiger partial charge on any atom is -0.488 e. The van der Waals surface area contributed by atoms with Gasteiger partial charge < -0.3 is 19.9 Å². The molecule has 7 heteroatoms. The van der Waals surface area contributed by atoms with Gasteiger partial charge in [0.1, 0.15) is 12.7 Å². The summed E-state index contributed by atoms with van der Waals surface area (Å²) in [6.07, 6.45) is -0.821. The lowest BCUT2D eigenvalue weighted by molar-refractivity contribution is 0.101. The van der Waals surface area contributed by atoms with Crippen LogP contribution >= 0.6 is 15.9 Å². The lowest BCUT2D eigenvalue weighted by atomic mass is 10.3. The number of aliphatic hydroxyl groups is 1. The highest BCUT2D eigenvalue weighted by molar-refractivity contribution is 9.10. The molecule has 1 unspecified atom stereocenters. The summed E-state index contributed by atoms with van der Waals surface area (Å²) in [7, 11) is 1.58. The van der Waals surface area contributed by atoms with Gasteiger partial charge in [0.05, 0.1) is 6.61 Å². The molecule has 1 aromatic carbocycles. The Balaban J connectivity index is 2.39. The second-order valence-corrected chi connectivity index (χ2v) is 4.78. The van der Waals surface area contributed by atoms with E-state index in [-0.39, 0.29) is 18.9 Å². The zero-order chi connectivity index (χ0) is 14.3. The molecule has 1 rings (SSSR count). The van der Waals surface area contributed by atoms with Crippen LogP contribution in [0.1, 0.15) is 0 Å². The van der Waals surface area contributed by atoms with Crippen LogP contribution in [-0.2, 0) is 4.74 Å². The molecule has 4 nitrogen and oxygen atoms in total. The first-order chi connectivity index (χ1) is 9.04. The van der Waals surface area contributed by atoms with Gasteiger partial charge in [0, 0.05) is 24.7 Å². The largest absolute Gasteiger partial charge is 0.488 e. The predicted octanol–water partition coefficient (Wildman–Crippen LogP) is 1.70. The average Bonchev–Trinajstić information content (AvgIpc) is 2.37. The van der Waals surface area contributed by atoms with Gasteiger partial charge in [0.15, 0.2) is 11.6 Å². The highest BCUT2D eigenvalue weighted by atomic mass is 79.9. The van der Waals surface area contributed by atoms with Gasteiger partial charge in [-0.3, -0.25) is 0 Å². The van der Waals surface area contributed by atoms with Crippen LogP contribution in [0.15, 0.2) is 16.6 Å². The van der Waals surface area contributed by atoms with Crippen molar-refractivity contribution in [3.05, 3.63) is 28.2 Å². The maximum Gasteiger partial charge on any atom is 0.200 e. The SMILES string of the molecule is COCCNCC(O)COc1cc(Br)cc(F)c1F. The third-order valence-corrected chi connectivity index (χ3v) is 2.71. The first-order valence-electron chi connectivity index (χ1n) is 5.69. The monoisotopic (exact) mass is 339 g/mol. The molecule has 0 aliphatic heterocycles. The molecule has 0 heterocycles. The second kappa shape index (κ2) is 8.42. The molecular weight excluding hydrogens is 324 g/mol. The van der Waals surface area contributed by atoms with E-state index in [9.17, 15) is 13.9 Å². The quantitative estimate of drug-likeness (QED) is 0.559. The first kappa shape index (κ1) is 16.3. The molecule has 0 saturated heterocycles. The van der Waals surface area contributed by atoms with Crippen molar-refractivity contribution < 1.29 is 23.4 Å². The molecule has 1 aromatic rings. The fourth-order valence-electron chi connectivity index (χ4n) is 1.33. The third kappa shape index (κ3) is 5.82. The van der Waals surface area contributed by atoms with Crippen LogP contribution in [0.25, 0.3) is 0 Å². The lowest BCUT2D eigenvalue weighted by Crippen LogP contribution is -2.33. The molecule has 0 radical (unpaired) electrons. The predicted molar refractivity (Wildman–Crippen MR) is 70.3 cm³/mol. The van der Waals surface area contributed by atoms with Crippen LogP contribution in [-0.4, -0.2) is 44.6 Å². The Kier molecular flexibility index (Phi) is 7.22. The molecule has 1 atom stereocenters. The Labute approximate surface area is 118 Å². The van der Waals surface area contributed by atoms with E-state index >= 15 is 0 Å². The van der Waals surface area contributed by atoms with Crippen LogP contribution in [0.2, 0.25) is 0 Å². The maximum absolute atomic E-state index is 13.3. The highest BCUT2D eigenvalue weighted by Crippen LogP contribution is 2.25. The Morgan fingerprint density at radius 3 is 2.84 bits per heavy atom. The van der Waals surface area contributed by atoms with Gasteiger partial charge in [-0.05, 0) is 12.1 Å². The van der Waals surface area contributed by atoms with Crippen LogP contribution in [0.4, 0.5) is 8.78 Å². The minimum absolute atomic E-state index is 0.132. The van der Waals surface area contributed by atoms with Gasteiger partial charge in [-0.2, -0.15) is 4.39 Å². The summed E-state index contributed by atoms with van der Waals surface area (Å²) < 4.78 is 36.7. The number of nitrogens with one attached hydrogen (secondary N) is 1. The minimum atomic E-state index is -1.07. The zero-order valence-electron chi connectivity index (χ0n) is 10.5. The molecule has 0 fully saturated rings. The summed E-state index contributed by atoms with van der Waals surface area (Å²) in [6, 6.07) is 2.31. The Bertz CT molecular complexity index is 407. The van der Waals surface area contributed by atoms with E-state index < -0.39 is 17.7 Å². The van der Waals surface area contributed by atoms with Crippen molar-refractivity contribution in [1.29, 1.82) is 0 Å². The Morgan fingerprint density at radius 1 is 1.42 bits per heavy atom. The van der Waals surface area contributed by atoms with Crippen molar-refractivity contribution in [2.75, 3.05) is 33.4 Å². The molecule has 0 spiro atoms. The van der Waals surface area contributed by atoms with Crippen molar-refractivity contribution in [2.24, 2.45) is 0 Å². The second-order valence-electron chi connectivity index (χ2n) is 3.86. The molecule has 2 N–H and O–H groups in total. The van der Waals surface area contributed by atoms with Gasteiger partial charge in [0.2, 0.25) is 5.82 Å². The normalized spacial score (nSPS) is 12.5. The van der Waals surface area contributed by atoms with Gasteiger partial charge in [-0.15, -0.1) is 0 Å². The molecule has 0 bridgehead atoms. The fourth-order valence-corrected chi connectivity index (χ4v) is 1.73. The highest BCUT2D eigenvalue weighted by Gasteiger charge is 2.13. The molecule has 0 aliphatic carbocycles. The van der Waals surface area contributed by atoms with Crippen molar-refractivity contribution in [2.45, 2.75) is 6.10 Å². The number of hydrogen-bond acceptors (Lipinski definition) is 4. The number of hydrogen-bond donors (Lipinski definition) is 2. The molecule has 0 saturated carbocycles. The van der Waals surface area contributed by atoms with Crippen LogP contribution in [0.5, 0.6) is 5.75 Å². The smallest absolute Gasteiger partial charge is 0.200 e. The van der Waals surface area contributed by atoms with Gasteiger partial charge in [-0.25, -0.2) is 4.39 Å². The number of rotatable bonds is 8. The number of methoxy groups -OCH3 is 1. The maximum atomic E-state index is 13.3. The summed E-state index contributed by atoms with van der Waals surface area (Å²) in [5.74, 6) is -2.30. The topological polar surface area (TPSA) is 50.7 Å². The number of benzene rings is 1. The van der Waals surface area contributed by atoms with Crippen LogP contribution in [0.3, 0.4) is 0 Å². The standard InChI is InChI=1S/C12H16BrF2NO3/c1-18-3-2-16-6-9(17)7-19-11-5-8(13)4-10(14)12(11)15/h4-5,9,16-17H,2-3,6-7H2,1H3. The first-order valence-corrected chi connectivity index (χ1v) is 6.49. The molecule has 0 amide bonds. The van der Waals surface area contributed by atoms with E-state index in [4.69, 9.17) is 9.47 Å².